The number of nitrogens with zero attached hydrogens (tertiary/aromatic N) is 1. The topological polar surface area (TPSA) is 45.0 Å². The highest BCUT2D eigenvalue weighted by atomic mass is 79.9. The third-order valence-corrected chi connectivity index (χ3v) is 3.42. The molecule has 102 valence electrons. The molecule has 0 bridgehead atoms. The summed E-state index contributed by atoms with van der Waals surface area (Å²) in [5, 5.41) is 11.4. The van der Waals surface area contributed by atoms with Crippen molar-refractivity contribution in [2.45, 2.75) is 0 Å². The van der Waals surface area contributed by atoms with Gasteiger partial charge in [0.15, 0.2) is 5.82 Å². The number of rotatable bonds is 3. The average Bonchev–Trinajstić information content (AvgIpc) is 2.46. The van der Waals surface area contributed by atoms with E-state index in [1.54, 1.807) is 0 Å². The molecule has 0 spiro atoms. The lowest BCUT2D eigenvalue weighted by Gasteiger charge is -2.11. The molecule has 2 rings (SSSR count). The molecule has 20 heavy (non-hydrogen) atoms. The van der Waals surface area contributed by atoms with Crippen molar-refractivity contribution in [2.24, 2.45) is 0 Å². The SMILES string of the molecule is COc1ccc(F)c(Nc2ccc(C#N)c(Br)c2F)c1. The van der Waals surface area contributed by atoms with E-state index in [2.05, 4.69) is 21.2 Å². The number of benzene rings is 2. The van der Waals surface area contributed by atoms with Crippen molar-refractivity contribution in [1.82, 2.24) is 0 Å². The summed E-state index contributed by atoms with van der Waals surface area (Å²) in [7, 11) is 1.45. The van der Waals surface area contributed by atoms with Crippen molar-refractivity contribution in [3.8, 4) is 11.8 Å². The monoisotopic (exact) mass is 338 g/mol. The van der Waals surface area contributed by atoms with Gasteiger partial charge in [-0.3, -0.25) is 0 Å². The van der Waals surface area contributed by atoms with Gasteiger partial charge in [0.2, 0.25) is 0 Å². The van der Waals surface area contributed by atoms with Crippen molar-refractivity contribution in [2.75, 3.05) is 12.4 Å². The summed E-state index contributed by atoms with van der Waals surface area (Å²) in [4.78, 5) is 0. The Labute approximate surface area is 122 Å². The smallest absolute Gasteiger partial charge is 0.162 e. The molecule has 0 fully saturated rings. The van der Waals surface area contributed by atoms with Gasteiger partial charge >= 0.3 is 0 Å². The zero-order chi connectivity index (χ0) is 14.7. The van der Waals surface area contributed by atoms with Crippen LogP contribution in [0.3, 0.4) is 0 Å². The minimum Gasteiger partial charge on any atom is -0.497 e. The van der Waals surface area contributed by atoms with Crippen molar-refractivity contribution in [3.63, 3.8) is 0 Å². The average molecular weight is 339 g/mol. The highest BCUT2D eigenvalue weighted by Crippen LogP contribution is 2.30. The Kier molecular flexibility index (Phi) is 4.20. The number of halogens is 3. The first kappa shape index (κ1) is 14.3. The first-order valence-electron chi connectivity index (χ1n) is 5.55. The first-order chi connectivity index (χ1) is 9.56. The lowest BCUT2D eigenvalue weighted by molar-refractivity contribution is 0.414. The maximum Gasteiger partial charge on any atom is 0.162 e. The Bertz CT molecular complexity index is 698. The molecule has 0 saturated heterocycles. The Balaban J connectivity index is 2.41. The summed E-state index contributed by atoms with van der Waals surface area (Å²) in [6.07, 6.45) is 0. The van der Waals surface area contributed by atoms with E-state index in [0.29, 0.717) is 5.75 Å². The van der Waals surface area contributed by atoms with Gasteiger partial charge in [0, 0.05) is 6.07 Å². The first-order valence-corrected chi connectivity index (χ1v) is 6.34. The van der Waals surface area contributed by atoms with Crippen LogP contribution in [-0.2, 0) is 0 Å². The van der Waals surface area contributed by atoms with Crippen LogP contribution in [0, 0.1) is 23.0 Å². The Hall–Kier alpha value is -2.13. The van der Waals surface area contributed by atoms with E-state index >= 15 is 0 Å². The highest BCUT2D eigenvalue weighted by molar-refractivity contribution is 9.10. The summed E-state index contributed by atoms with van der Waals surface area (Å²) >= 11 is 3.00. The molecule has 0 heterocycles. The molecule has 1 N–H and O–H groups in total. The minimum atomic E-state index is -0.661. The second kappa shape index (κ2) is 5.88. The van der Waals surface area contributed by atoms with Crippen LogP contribution in [0.25, 0.3) is 0 Å². The number of hydrogen-bond acceptors (Lipinski definition) is 3. The van der Waals surface area contributed by atoms with Crippen LogP contribution < -0.4 is 10.1 Å². The third-order valence-electron chi connectivity index (χ3n) is 2.65. The summed E-state index contributed by atoms with van der Waals surface area (Å²) in [5.41, 5.74) is 0.307. The molecule has 0 aliphatic carbocycles. The van der Waals surface area contributed by atoms with Gasteiger partial charge in [0.1, 0.15) is 17.6 Å². The molecule has 2 aromatic rings. The summed E-state index contributed by atoms with van der Waals surface area (Å²) in [6, 6.07) is 8.76. The summed E-state index contributed by atoms with van der Waals surface area (Å²) in [6.45, 7) is 0. The van der Waals surface area contributed by atoms with Gasteiger partial charge in [0.05, 0.1) is 28.5 Å². The van der Waals surface area contributed by atoms with Crippen LogP contribution >= 0.6 is 15.9 Å². The second-order valence-corrected chi connectivity index (χ2v) is 4.66. The van der Waals surface area contributed by atoms with Gasteiger partial charge in [0.25, 0.3) is 0 Å². The molecular weight excluding hydrogens is 330 g/mol. The molecular formula is C14H9BrF2N2O. The Morgan fingerprint density at radius 1 is 1.20 bits per heavy atom. The molecule has 6 heteroatoms. The largest absolute Gasteiger partial charge is 0.497 e. The fraction of sp³-hybridized carbons (Fsp3) is 0.0714. The van der Waals surface area contributed by atoms with Crippen molar-refractivity contribution >= 4 is 27.3 Å². The number of anilines is 2. The van der Waals surface area contributed by atoms with Crippen LogP contribution in [0.5, 0.6) is 5.75 Å². The maximum atomic E-state index is 14.0. The third kappa shape index (κ3) is 2.73. The van der Waals surface area contributed by atoms with Crippen LogP contribution in [0.2, 0.25) is 0 Å². The van der Waals surface area contributed by atoms with E-state index in [-0.39, 0.29) is 21.4 Å². The molecule has 2 aromatic carbocycles. The number of nitriles is 1. The second-order valence-electron chi connectivity index (χ2n) is 3.87. The van der Waals surface area contributed by atoms with Gasteiger partial charge < -0.3 is 10.1 Å². The molecule has 3 nitrogen and oxygen atoms in total. The lowest BCUT2D eigenvalue weighted by atomic mass is 10.2. The van der Waals surface area contributed by atoms with E-state index in [1.165, 1.54) is 37.4 Å². The molecule has 0 aliphatic rings. The normalized spacial score (nSPS) is 9.95. The van der Waals surface area contributed by atoms with Crippen LogP contribution in [0.4, 0.5) is 20.2 Å². The van der Waals surface area contributed by atoms with Crippen molar-refractivity contribution in [1.29, 1.82) is 5.26 Å². The quantitative estimate of drug-likeness (QED) is 0.904. The van der Waals surface area contributed by atoms with Crippen molar-refractivity contribution in [3.05, 3.63) is 52.0 Å². The lowest BCUT2D eigenvalue weighted by Crippen LogP contribution is -1.99. The fourth-order valence-electron chi connectivity index (χ4n) is 1.60. The molecule has 0 unspecified atom stereocenters. The standard InChI is InChI=1S/C14H9BrF2N2O/c1-20-9-3-4-10(16)12(6-9)19-11-5-2-8(7-18)13(15)14(11)17/h2-6,19H,1H3. The molecule has 0 saturated carbocycles. The molecule has 0 aromatic heterocycles. The summed E-state index contributed by atoms with van der Waals surface area (Å²) in [5.74, 6) is -0.751. The van der Waals surface area contributed by atoms with E-state index in [0.717, 1.165) is 0 Å². The van der Waals surface area contributed by atoms with E-state index in [9.17, 15) is 8.78 Å². The predicted octanol–water partition coefficient (Wildman–Crippen LogP) is 4.35. The molecule has 0 amide bonds. The van der Waals surface area contributed by atoms with Crippen molar-refractivity contribution < 1.29 is 13.5 Å². The maximum absolute atomic E-state index is 14.0. The number of ether oxygens (including phenoxy) is 1. The number of hydrogen-bond donors (Lipinski definition) is 1. The van der Waals surface area contributed by atoms with Gasteiger partial charge in [-0.05, 0) is 40.2 Å². The molecule has 0 aliphatic heterocycles. The van der Waals surface area contributed by atoms with Crippen LogP contribution in [0.1, 0.15) is 5.56 Å². The Morgan fingerprint density at radius 3 is 2.60 bits per heavy atom. The highest BCUT2D eigenvalue weighted by Gasteiger charge is 2.13. The van der Waals surface area contributed by atoms with Gasteiger partial charge in [-0.1, -0.05) is 0 Å². The Morgan fingerprint density at radius 2 is 1.95 bits per heavy atom. The fourth-order valence-corrected chi connectivity index (χ4v) is 2.04. The zero-order valence-corrected chi connectivity index (χ0v) is 12.0. The van der Waals surface area contributed by atoms with E-state index in [1.807, 2.05) is 6.07 Å². The van der Waals surface area contributed by atoms with Crippen LogP contribution in [0.15, 0.2) is 34.8 Å². The van der Waals surface area contributed by atoms with Gasteiger partial charge in [-0.25, -0.2) is 8.78 Å². The van der Waals surface area contributed by atoms with Gasteiger partial charge in [-0.2, -0.15) is 5.26 Å². The minimum absolute atomic E-state index is 0.0355. The van der Waals surface area contributed by atoms with Gasteiger partial charge in [-0.15, -0.1) is 0 Å². The zero-order valence-electron chi connectivity index (χ0n) is 10.4. The summed E-state index contributed by atoms with van der Waals surface area (Å²) < 4.78 is 32.7. The predicted molar refractivity (Wildman–Crippen MR) is 75.0 cm³/mol. The molecule has 0 radical (unpaired) electrons. The van der Waals surface area contributed by atoms with Crippen LogP contribution in [-0.4, -0.2) is 7.11 Å². The number of nitrogens with one attached hydrogen (secondary N) is 1. The number of methoxy groups -OCH3 is 1. The van der Waals surface area contributed by atoms with E-state index < -0.39 is 11.6 Å². The van der Waals surface area contributed by atoms with E-state index in [4.69, 9.17) is 10.00 Å². The molecule has 0 atom stereocenters.